The molecular formula is C15H17FN2O. The number of rotatable bonds is 2. The largest absolute Gasteiger partial charge is 0.384 e. The van der Waals surface area contributed by atoms with Crippen LogP contribution in [0.4, 0.5) is 10.1 Å². The number of nitriles is 1. The van der Waals surface area contributed by atoms with Crippen molar-refractivity contribution in [1.82, 2.24) is 0 Å². The highest BCUT2D eigenvalue weighted by atomic mass is 19.1. The van der Waals surface area contributed by atoms with Crippen molar-refractivity contribution in [3.63, 3.8) is 0 Å². The molecule has 0 bridgehead atoms. The minimum atomic E-state index is -0.948. The molecule has 1 aromatic rings. The van der Waals surface area contributed by atoms with Crippen molar-refractivity contribution in [2.45, 2.75) is 31.9 Å². The van der Waals surface area contributed by atoms with E-state index < -0.39 is 11.4 Å². The minimum absolute atomic E-state index is 0.0482. The lowest BCUT2D eigenvalue weighted by atomic mass is 9.96. The fraction of sp³-hybridized carbons (Fsp3) is 0.400. The predicted molar refractivity (Wildman–Crippen MR) is 72.4 cm³/mol. The fourth-order valence-electron chi connectivity index (χ4n) is 2.65. The highest BCUT2D eigenvalue weighted by molar-refractivity contribution is 5.59. The molecule has 100 valence electrons. The van der Waals surface area contributed by atoms with Gasteiger partial charge in [-0.1, -0.05) is 6.08 Å². The SMILES string of the molecule is C=C[C@]1(O)CCN(c2ccc(C#N)c(F)c2C)[C@H]1C. The van der Waals surface area contributed by atoms with Crippen molar-refractivity contribution in [1.29, 1.82) is 5.26 Å². The lowest BCUT2D eigenvalue weighted by molar-refractivity contribution is 0.0876. The second kappa shape index (κ2) is 4.67. The topological polar surface area (TPSA) is 47.3 Å². The monoisotopic (exact) mass is 260 g/mol. The normalized spacial score (nSPS) is 26.3. The summed E-state index contributed by atoms with van der Waals surface area (Å²) in [5.74, 6) is -0.485. The first-order chi connectivity index (χ1) is 8.94. The Morgan fingerprint density at radius 1 is 1.63 bits per heavy atom. The maximum Gasteiger partial charge on any atom is 0.145 e. The van der Waals surface area contributed by atoms with Crippen molar-refractivity contribution >= 4 is 5.69 Å². The number of anilines is 1. The van der Waals surface area contributed by atoms with Crippen LogP contribution in [0.5, 0.6) is 0 Å². The number of hydrogen-bond donors (Lipinski definition) is 1. The van der Waals surface area contributed by atoms with Gasteiger partial charge in [0, 0.05) is 17.8 Å². The Kier molecular flexibility index (Phi) is 3.34. The molecule has 2 rings (SSSR count). The molecule has 0 aromatic heterocycles. The molecule has 1 aliphatic rings. The van der Waals surface area contributed by atoms with Crippen molar-refractivity contribution in [3.8, 4) is 6.07 Å². The zero-order valence-electron chi connectivity index (χ0n) is 11.2. The van der Waals surface area contributed by atoms with Crippen molar-refractivity contribution in [3.05, 3.63) is 41.7 Å². The number of hydrogen-bond acceptors (Lipinski definition) is 3. The third kappa shape index (κ3) is 2.00. The van der Waals surface area contributed by atoms with E-state index >= 15 is 0 Å². The number of aliphatic hydroxyl groups is 1. The Morgan fingerprint density at radius 3 is 2.84 bits per heavy atom. The van der Waals surface area contributed by atoms with Gasteiger partial charge in [0.1, 0.15) is 17.5 Å². The third-order valence-electron chi connectivity index (χ3n) is 4.09. The molecule has 1 heterocycles. The van der Waals surface area contributed by atoms with Crippen LogP contribution in [-0.4, -0.2) is 23.3 Å². The molecule has 1 aromatic carbocycles. The van der Waals surface area contributed by atoms with Gasteiger partial charge in [-0.3, -0.25) is 0 Å². The Hall–Kier alpha value is -1.86. The lowest BCUT2D eigenvalue weighted by Gasteiger charge is -2.31. The van der Waals surface area contributed by atoms with Crippen molar-refractivity contribution in [2.24, 2.45) is 0 Å². The molecule has 19 heavy (non-hydrogen) atoms. The second-order valence-corrected chi connectivity index (χ2v) is 5.00. The first-order valence-electron chi connectivity index (χ1n) is 6.26. The van der Waals surface area contributed by atoms with E-state index in [1.54, 1.807) is 19.1 Å². The van der Waals surface area contributed by atoms with Crippen molar-refractivity contribution < 1.29 is 9.50 Å². The van der Waals surface area contributed by atoms with Crippen LogP contribution in [0.3, 0.4) is 0 Å². The van der Waals surface area contributed by atoms with Crippen LogP contribution < -0.4 is 4.90 Å². The van der Waals surface area contributed by atoms with Gasteiger partial charge < -0.3 is 10.0 Å². The summed E-state index contributed by atoms with van der Waals surface area (Å²) in [5, 5.41) is 19.2. The van der Waals surface area contributed by atoms with Gasteiger partial charge in [0.05, 0.1) is 11.6 Å². The van der Waals surface area contributed by atoms with E-state index in [1.807, 2.05) is 17.9 Å². The summed E-state index contributed by atoms with van der Waals surface area (Å²) in [6, 6.07) is 4.88. The summed E-state index contributed by atoms with van der Waals surface area (Å²) in [6.07, 6.45) is 2.12. The molecular weight excluding hydrogens is 243 g/mol. The van der Waals surface area contributed by atoms with Crippen LogP contribution in [-0.2, 0) is 0 Å². The maximum atomic E-state index is 14.0. The first-order valence-corrected chi connectivity index (χ1v) is 6.26. The van der Waals surface area contributed by atoms with E-state index in [9.17, 15) is 9.50 Å². The molecule has 1 saturated heterocycles. The summed E-state index contributed by atoms with van der Waals surface area (Å²) in [4.78, 5) is 1.96. The molecule has 0 radical (unpaired) electrons. The van der Waals surface area contributed by atoms with E-state index in [-0.39, 0.29) is 11.6 Å². The lowest BCUT2D eigenvalue weighted by Crippen LogP contribution is -2.41. The summed E-state index contributed by atoms with van der Waals surface area (Å²) < 4.78 is 14.0. The predicted octanol–water partition coefficient (Wildman–Crippen LogP) is 2.52. The van der Waals surface area contributed by atoms with Gasteiger partial charge in [-0.05, 0) is 32.4 Å². The molecule has 0 aliphatic carbocycles. The zero-order chi connectivity index (χ0) is 14.2. The van der Waals surface area contributed by atoms with E-state index in [0.717, 1.165) is 5.69 Å². The molecule has 4 heteroatoms. The van der Waals surface area contributed by atoms with Crippen LogP contribution in [0, 0.1) is 24.1 Å². The fourth-order valence-corrected chi connectivity index (χ4v) is 2.65. The molecule has 1 N–H and O–H groups in total. The van der Waals surface area contributed by atoms with E-state index in [0.29, 0.717) is 18.5 Å². The van der Waals surface area contributed by atoms with Gasteiger partial charge in [-0.25, -0.2) is 4.39 Å². The van der Waals surface area contributed by atoms with E-state index in [2.05, 4.69) is 6.58 Å². The molecule has 0 saturated carbocycles. The second-order valence-electron chi connectivity index (χ2n) is 5.00. The van der Waals surface area contributed by atoms with Gasteiger partial charge in [-0.15, -0.1) is 6.58 Å². The summed E-state index contributed by atoms with van der Waals surface area (Å²) in [5.41, 5.74) is 0.268. The van der Waals surface area contributed by atoms with Gasteiger partial charge >= 0.3 is 0 Å². The van der Waals surface area contributed by atoms with Crippen LogP contribution >= 0.6 is 0 Å². The number of halogens is 1. The Bertz CT molecular complexity index is 564. The smallest absolute Gasteiger partial charge is 0.145 e. The Labute approximate surface area is 112 Å². The zero-order valence-corrected chi connectivity index (χ0v) is 11.2. The number of nitrogens with zero attached hydrogens (tertiary/aromatic N) is 2. The van der Waals surface area contributed by atoms with E-state index in [1.165, 1.54) is 6.07 Å². The van der Waals surface area contributed by atoms with Gasteiger partial charge in [0.15, 0.2) is 0 Å². The highest BCUT2D eigenvalue weighted by Gasteiger charge is 2.41. The van der Waals surface area contributed by atoms with Crippen molar-refractivity contribution in [2.75, 3.05) is 11.4 Å². The van der Waals surface area contributed by atoms with Gasteiger partial charge in [0.25, 0.3) is 0 Å². The molecule has 0 unspecified atom stereocenters. The minimum Gasteiger partial charge on any atom is -0.384 e. The average Bonchev–Trinajstić information content (AvgIpc) is 2.71. The summed E-state index contributed by atoms with van der Waals surface area (Å²) in [7, 11) is 0. The standard InChI is InChI=1S/C15H17FN2O/c1-4-15(19)7-8-18(11(15)3)13-6-5-12(9-17)14(16)10(13)2/h4-6,11,19H,1,7-8H2,2-3H3/t11-,15-/m0/s1. The summed E-state index contributed by atoms with van der Waals surface area (Å²) >= 11 is 0. The Morgan fingerprint density at radius 2 is 2.32 bits per heavy atom. The molecule has 1 fully saturated rings. The number of benzene rings is 1. The third-order valence-corrected chi connectivity index (χ3v) is 4.09. The molecule has 0 amide bonds. The van der Waals surface area contributed by atoms with E-state index in [4.69, 9.17) is 5.26 Å². The van der Waals surface area contributed by atoms with Gasteiger partial charge in [-0.2, -0.15) is 5.26 Å². The van der Waals surface area contributed by atoms with Crippen LogP contribution in [0.25, 0.3) is 0 Å². The molecule has 3 nitrogen and oxygen atoms in total. The quantitative estimate of drug-likeness (QED) is 0.831. The molecule has 0 spiro atoms. The summed E-state index contributed by atoms with van der Waals surface area (Å²) in [6.45, 7) is 7.85. The maximum absolute atomic E-state index is 14.0. The van der Waals surface area contributed by atoms with Crippen LogP contribution in [0.1, 0.15) is 24.5 Å². The molecule has 1 aliphatic heterocycles. The molecule has 2 atom stereocenters. The van der Waals surface area contributed by atoms with Crippen LogP contribution in [0.2, 0.25) is 0 Å². The average molecular weight is 260 g/mol. The van der Waals surface area contributed by atoms with Gasteiger partial charge in [0.2, 0.25) is 0 Å². The highest BCUT2D eigenvalue weighted by Crippen LogP contribution is 2.36. The van der Waals surface area contributed by atoms with Crippen LogP contribution in [0.15, 0.2) is 24.8 Å². The first kappa shape index (κ1) is 13.6. The Balaban J connectivity index is 2.43.